The van der Waals surface area contributed by atoms with Crippen molar-refractivity contribution in [2.45, 2.75) is 18.2 Å². The molecule has 112 valence electrons. The van der Waals surface area contributed by atoms with Gasteiger partial charge in [0, 0.05) is 5.56 Å². The van der Waals surface area contributed by atoms with Crippen LogP contribution in [0.5, 0.6) is 0 Å². The van der Waals surface area contributed by atoms with Crippen LogP contribution in [0.2, 0.25) is 0 Å². The Balaban J connectivity index is 2.50. The summed E-state index contributed by atoms with van der Waals surface area (Å²) in [6.45, 7) is 1.79. The van der Waals surface area contributed by atoms with Gasteiger partial charge in [-0.2, -0.15) is 9.49 Å². The third kappa shape index (κ3) is 2.84. The second-order valence-corrected chi connectivity index (χ2v) is 5.72. The molecule has 0 unspecified atom stereocenters. The van der Waals surface area contributed by atoms with E-state index in [1.807, 2.05) is 0 Å². The van der Waals surface area contributed by atoms with Crippen molar-refractivity contribution in [3.63, 3.8) is 0 Å². The average molecular weight is 314 g/mol. The van der Waals surface area contributed by atoms with E-state index in [1.54, 1.807) is 6.92 Å². The Morgan fingerprint density at radius 1 is 1.48 bits per heavy atom. The molecule has 8 nitrogen and oxygen atoms in total. The Kier molecular flexibility index (Phi) is 3.89. The molecular formula is C11H11FN4O4S. The maximum atomic E-state index is 13.5. The quantitative estimate of drug-likeness (QED) is 0.644. The molecule has 0 saturated carbocycles. The third-order valence-electron chi connectivity index (χ3n) is 2.76. The van der Waals surface area contributed by atoms with Crippen LogP contribution in [0.3, 0.4) is 0 Å². The minimum absolute atomic E-state index is 0.0936. The number of para-hydroxylation sites is 1. The van der Waals surface area contributed by atoms with E-state index in [0.29, 0.717) is 12.0 Å². The number of aryl methyl sites for hydroxylation is 1. The van der Waals surface area contributed by atoms with Gasteiger partial charge in [-0.05, 0) is 18.6 Å². The van der Waals surface area contributed by atoms with Crippen LogP contribution in [-0.2, 0) is 16.4 Å². The zero-order chi connectivity index (χ0) is 15.6. The van der Waals surface area contributed by atoms with E-state index in [4.69, 9.17) is 0 Å². The number of aromatic amines is 1. The summed E-state index contributed by atoms with van der Waals surface area (Å²) in [5.41, 5.74) is -0.514. The van der Waals surface area contributed by atoms with Gasteiger partial charge >= 0.3 is 5.69 Å². The number of H-pyrrole nitrogens is 1. The number of nitrogens with zero attached hydrogens (tertiary/aromatic N) is 2. The number of hydrogen-bond acceptors (Lipinski definition) is 5. The lowest BCUT2D eigenvalue weighted by molar-refractivity contribution is -0.390. The summed E-state index contributed by atoms with van der Waals surface area (Å²) in [6.07, 6.45) is 1.93. The lowest BCUT2D eigenvalue weighted by atomic mass is 10.3. The van der Waals surface area contributed by atoms with Crippen molar-refractivity contribution in [1.29, 1.82) is 0 Å². The third-order valence-corrected chi connectivity index (χ3v) is 4.14. The SMILES string of the molecule is CCc1cn[nH]c1NS(=O)(=O)c1cccc(F)c1[N+](=O)[O-]. The summed E-state index contributed by atoms with van der Waals surface area (Å²) in [5, 5.41) is 17.0. The van der Waals surface area contributed by atoms with E-state index >= 15 is 0 Å². The van der Waals surface area contributed by atoms with E-state index in [2.05, 4.69) is 14.9 Å². The molecule has 0 bridgehead atoms. The van der Waals surface area contributed by atoms with Gasteiger partial charge in [-0.3, -0.25) is 19.9 Å². The average Bonchev–Trinajstić information content (AvgIpc) is 2.84. The molecule has 0 aliphatic rings. The molecule has 1 heterocycles. The van der Waals surface area contributed by atoms with E-state index in [-0.39, 0.29) is 5.82 Å². The minimum Gasteiger partial charge on any atom is -0.263 e. The highest BCUT2D eigenvalue weighted by atomic mass is 32.2. The van der Waals surface area contributed by atoms with Crippen LogP contribution in [0.25, 0.3) is 0 Å². The molecule has 2 rings (SSSR count). The van der Waals surface area contributed by atoms with Crippen molar-refractivity contribution in [3.8, 4) is 0 Å². The first kappa shape index (κ1) is 14.9. The number of rotatable bonds is 5. The van der Waals surface area contributed by atoms with Crippen LogP contribution < -0.4 is 4.72 Å². The summed E-state index contributed by atoms with van der Waals surface area (Å²) in [5.74, 6) is -1.13. The Morgan fingerprint density at radius 3 is 2.81 bits per heavy atom. The van der Waals surface area contributed by atoms with Gasteiger partial charge in [0.2, 0.25) is 5.82 Å². The van der Waals surface area contributed by atoms with Gasteiger partial charge in [0.05, 0.1) is 11.1 Å². The monoisotopic (exact) mass is 314 g/mol. The molecular weight excluding hydrogens is 303 g/mol. The van der Waals surface area contributed by atoms with Crippen molar-refractivity contribution < 1.29 is 17.7 Å². The van der Waals surface area contributed by atoms with E-state index in [0.717, 1.165) is 18.2 Å². The number of hydrogen-bond donors (Lipinski definition) is 2. The molecule has 1 aromatic heterocycles. The summed E-state index contributed by atoms with van der Waals surface area (Å²) >= 11 is 0. The number of nitro benzene ring substituents is 1. The molecule has 0 aliphatic carbocycles. The van der Waals surface area contributed by atoms with E-state index in [1.165, 1.54) is 6.20 Å². The van der Waals surface area contributed by atoms with Gasteiger partial charge < -0.3 is 0 Å². The molecule has 0 atom stereocenters. The first-order chi connectivity index (χ1) is 9.86. The van der Waals surface area contributed by atoms with Crippen molar-refractivity contribution >= 4 is 21.5 Å². The van der Waals surface area contributed by atoms with Crippen LogP contribution in [0.4, 0.5) is 15.9 Å². The summed E-state index contributed by atoms with van der Waals surface area (Å²) in [4.78, 5) is 9.05. The summed E-state index contributed by atoms with van der Waals surface area (Å²) < 4.78 is 40.1. The zero-order valence-corrected chi connectivity index (χ0v) is 11.6. The predicted molar refractivity (Wildman–Crippen MR) is 71.8 cm³/mol. The number of halogens is 1. The number of benzene rings is 1. The van der Waals surface area contributed by atoms with Gasteiger partial charge in [-0.25, -0.2) is 8.42 Å². The van der Waals surface area contributed by atoms with Crippen LogP contribution >= 0.6 is 0 Å². The van der Waals surface area contributed by atoms with E-state index < -0.39 is 31.3 Å². The molecule has 2 aromatic rings. The molecule has 0 aliphatic heterocycles. The lowest BCUT2D eigenvalue weighted by Crippen LogP contribution is -2.16. The zero-order valence-electron chi connectivity index (χ0n) is 10.8. The first-order valence-corrected chi connectivity index (χ1v) is 7.33. The van der Waals surface area contributed by atoms with Gasteiger partial charge in [0.15, 0.2) is 4.90 Å². The highest BCUT2D eigenvalue weighted by Crippen LogP contribution is 2.28. The predicted octanol–water partition coefficient (Wildman–Crippen LogP) is 1.82. The smallest absolute Gasteiger partial charge is 0.263 e. The lowest BCUT2D eigenvalue weighted by Gasteiger charge is -2.08. The van der Waals surface area contributed by atoms with Gasteiger partial charge in [0.25, 0.3) is 10.0 Å². The number of aromatic nitrogens is 2. The van der Waals surface area contributed by atoms with E-state index in [9.17, 15) is 22.9 Å². The van der Waals surface area contributed by atoms with Gasteiger partial charge in [-0.1, -0.05) is 13.0 Å². The molecule has 21 heavy (non-hydrogen) atoms. The van der Waals surface area contributed by atoms with Crippen molar-refractivity contribution in [2.24, 2.45) is 0 Å². The second-order valence-electron chi connectivity index (χ2n) is 4.07. The number of nitro groups is 1. The minimum atomic E-state index is -4.32. The molecule has 1 aromatic carbocycles. The normalized spacial score (nSPS) is 11.3. The maximum Gasteiger partial charge on any atom is 0.325 e. The molecule has 0 radical (unpaired) electrons. The fraction of sp³-hybridized carbons (Fsp3) is 0.182. The van der Waals surface area contributed by atoms with Gasteiger partial charge in [-0.15, -0.1) is 0 Å². The molecule has 0 amide bonds. The highest BCUT2D eigenvalue weighted by Gasteiger charge is 2.30. The van der Waals surface area contributed by atoms with Crippen molar-refractivity contribution in [1.82, 2.24) is 10.2 Å². The fourth-order valence-corrected chi connectivity index (χ4v) is 2.99. The Labute approximate surface area is 119 Å². The van der Waals surface area contributed by atoms with Crippen LogP contribution in [0.15, 0.2) is 29.3 Å². The van der Waals surface area contributed by atoms with Crippen molar-refractivity contribution in [3.05, 3.63) is 45.9 Å². The van der Waals surface area contributed by atoms with Gasteiger partial charge in [0.1, 0.15) is 5.82 Å². The number of nitrogens with one attached hydrogen (secondary N) is 2. The van der Waals surface area contributed by atoms with Crippen LogP contribution in [-0.4, -0.2) is 23.5 Å². The maximum absolute atomic E-state index is 13.5. The van der Waals surface area contributed by atoms with Crippen LogP contribution in [0.1, 0.15) is 12.5 Å². The Bertz CT molecular complexity index is 787. The first-order valence-electron chi connectivity index (χ1n) is 5.84. The Hall–Kier alpha value is -2.49. The summed E-state index contributed by atoms with van der Waals surface area (Å²) in [7, 11) is -4.32. The number of anilines is 1. The molecule has 10 heteroatoms. The molecule has 0 fully saturated rings. The van der Waals surface area contributed by atoms with Crippen LogP contribution in [0, 0.1) is 15.9 Å². The Morgan fingerprint density at radius 2 is 2.19 bits per heavy atom. The molecule has 2 N–H and O–H groups in total. The largest absolute Gasteiger partial charge is 0.325 e. The second kappa shape index (κ2) is 5.48. The molecule has 0 saturated heterocycles. The standard InChI is InChI=1S/C11H11FN4O4S/c1-2-7-6-13-14-11(7)15-21(19,20)9-5-3-4-8(12)10(9)16(17)18/h3-6H,2H2,1H3,(H2,13,14,15). The topological polar surface area (TPSA) is 118 Å². The number of sulfonamides is 1. The highest BCUT2D eigenvalue weighted by molar-refractivity contribution is 7.92. The van der Waals surface area contributed by atoms with Crippen molar-refractivity contribution in [2.75, 3.05) is 4.72 Å². The fourth-order valence-electron chi connectivity index (χ4n) is 1.75. The summed E-state index contributed by atoms with van der Waals surface area (Å²) in [6, 6.07) is 2.88. The molecule has 0 spiro atoms.